The zero-order valence-corrected chi connectivity index (χ0v) is 14.3. The molecule has 2 aliphatic rings. The summed E-state index contributed by atoms with van der Waals surface area (Å²) in [5.41, 5.74) is 0.580. The zero-order chi connectivity index (χ0) is 15.6. The van der Waals surface area contributed by atoms with Gasteiger partial charge in [0.05, 0.1) is 17.1 Å². The minimum atomic E-state index is -3.52. The lowest BCUT2D eigenvalue weighted by Crippen LogP contribution is -2.46. The highest BCUT2D eigenvalue weighted by Crippen LogP contribution is 2.30. The van der Waals surface area contributed by atoms with Gasteiger partial charge in [-0.25, -0.2) is 13.1 Å². The van der Waals surface area contributed by atoms with Gasteiger partial charge in [0.2, 0.25) is 10.0 Å². The van der Waals surface area contributed by atoms with Crippen LogP contribution in [0.25, 0.3) is 0 Å². The molecule has 0 unspecified atom stereocenters. The summed E-state index contributed by atoms with van der Waals surface area (Å²) in [7, 11) is -1.86. The summed E-state index contributed by atoms with van der Waals surface area (Å²) in [5, 5.41) is 0. The van der Waals surface area contributed by atoms with Gasteiger partial charge in [0.25, 0.3) is 0 Å². The number of ether oxygens (including phenoxy) is 2. The average Bonchev–Trinajstić information content (AvgIpc) is 3.01. The van der Waals surface area contributed by atoms with Gasteiger partial charge in [0, 0.05) is 20.1 Å². The van der Waals surface area contributed by atoms with Gasteiger partial charge in [-0.05, 0) is 48.1 Å². The molecular formula is C15H21NO4S2. The molecule has 2 heterocycles. The van der Waals surface area contributed by atoms with E-state index in [1.165, 1.54) is 0 Å². The van der Waals surface area contributed by atoms with Crippen molar-refractivity contribution in [3.8, 4) is 5.75 Å². The lowest BCUT2D eigenvalue weighted by Gasteiger charge is -2.35. The summed E-state index contributed by atoms with van der Waals surface area (Å²) in [6.45, 7) is 0.941. The van der Waals surface area contributed by atoms with Crippen LogP contribution in [0, 0.1) is 0 Å². The van der Waals surface area contributed by atoms with Crippen LogP contribution in [0.4, 0.5) is 0 Å². The Balaban J connectivity index is 1.73. The van der Waals surface area contributed by atoms with E-state index in [0.717, 1.165) is 42.1 Å². The molecule has 1 aromatic rings. The molecule has 0 saturated carbocycles. The molecule has 0 atom stereocenters. The molecule has 0 aromatic heterocycles. The van der Waals surface area contributed by atoms with Crippen molar-refractivity contribution in [1.29, 1.82) is 0 Å². The molecule has 22 heavy (non-hydrogen) atoms. The Kier molecular flexibility index (Phi) is 4.68. The second-order valence-corrected chi connectivity index (χ2v) is 8.68. The number of rotatable bonds is 5. The van der Waals surface area contributed by atoms with Crippen molar-refractivity contribution in [3.63, 3.8) is 0 Å². The van der Waals surface area contributed by atoms with E-state index in [1.54, 1.807) is 25.3 Å². The number of nitrogens with one attached hydrogen (secondary N) is 1. The average molecular weight is 343 g/mol. The SMILES string of the molecule is COC1(CNS(=O)(=O)c2ccc3c(c2)CCO3)CCSCC1. The molecule has 7 heteroatoms. The van der Waals surface area contributed by atoms with E-state index in [4.69, 9.17) is 9.47 Å². The quantitative estimate of drug-likeness (QED) is 0.883. The highest BCUT2D eigenvalue weighted by atomic mass is 32.2. The second kappa shape index (κ2) is 6.39. The predicted octanol–water partition coefficient (Wildman–Crippen LogP) is 1.81. The summed E-state index contributed by atoms with van der Waals surface area (Å²) < 4.78 is 38.8. The molecule has 0 bridgehead atoms. The van der Waals surface area contributed by atoms with Crippen LogP contribution in [-0.2, 0) is 21.2 Å². The second-order valence-electron chi connectivity index (χ2n) is 5.69. The first-order valence-electron chi connectivity index (χ1n) is 7.43. The first kappa shape index (κ1) is 16.1. The van der Waals surface area contributed by atoms with Gasteiger partial charge in [0.15, 0.2) is 0 Å². The number of hydrogen-bond acceptors (Lipinski definition) is 5. The molecule has 122 valence electrons. The predicted molar refractivity (Wildman–Crippen MR) is 87.1 cm³/mol. The monoisotopic (exact) mass is 343 g/mol. The fraction of sp³-hybridized carbons (Fsp3) is 0.600. The van der Waals surface area contributed by atoms with Crippen LogP contribution in [0.5, 0.6) is 5.75 Å². The fourth-order valence-electron chi connectivity index (χ4n) is 2.84. The molecule has 0 aliphatic carbocycles. The van der Waals surface area contributed by atoms with Crippen LogP contribution in [0.2, 0.25) is 0 Å². The van der Waals surface area contributed by atoms with E-state index in [1.807, 2.05) is 11.8 Å². The van der Waals surface area contributed by atoms with E-state index in [0.29, 0.717) is 18.0 Å². The molecule has 1 aromatic carbocycles. The van der Waals surface area contributed by atoms with E-state index in [2.05, 4.69) is 4.72 Å². The van der Waals surface area contributed by atoms with Gasteiger partial charge in [-0.1, -0.05) is 0 Å². The van der Waals surface area contributed by atoms with Crippen molar-refractivity contribution in [1.82, 2.24) is 4.72 Å². The first-order valence-corrected chi connectivity index (χ1v) is 10.1. The third kappa shape index (κ3) is 3.27. The van der Waals surface area contributed by atoms with E-state index in [-0.39, 0.29) is 5.60 Å². The number of thioether (sulfide) groups is 1. The van der Waals surface area contributed by atoms with E-state index in [9.17, 15) is 8.42 Å². The minimum absolute atomic E-state index is 0.299. The Bertz CT molecular complexity index is 639. The molecule has 2 aliphatic heterocycles. The summed E-state index contributed by atoms with van der Waals surface area (Å²) in [6.07, 6.45) is 2.50. The van der Waals surface area contributed by atoms with Crippen molar-refractivity contribution >= 4 is 21.8 Å². The minimum Gasteiger partial charge on any atom is -0.493 e. The van der Waals surface area contributed by atoms with Crippen molar-refractivity contribution in [3.05, 3.63) is 23.8 Å². The molecule has 3 rings (SSSR count). The molecule has 0 radical (unpaired) electrons. The highest BCUT2D eigenvalue weighted by Gasteiger charge is 2.33. The number of fused-ring (bicyclic) bond motifs is 1. The van der Waals surface area contributed by atoms with Crippen molar-refractivity contribution in [2.24, 2.45) is 0 Å². The Hall–Kier alpha value is -0.760. The molecule has 0 spiro atoms. The van der Waals surface area contributed by atoms with Crippen molar-refractivity contribution in [2.45, 2.75) is 29.8 Å². The van der Waals surface area contributed by atoms with Gasteiger partial charge in [-0.2, -0.15) is 11.8 Å². The number of hydrogen-bond donors (Lipinski definition) is 1. The summed E-state index contributed by atoms with van der Waals surface area (Å²) in [6, 6.07) is 5.05. The van der Waals surface area contributed by atoms with Crippen LogP contribution >= 0.6 is 11.8 Å². The molecule has 0 amide bonds. The molecule has 1 saturated heterocycles. The van der Waals surface area contributed by atoms with Crippen LogP contribution in [0.15, 0.2) is 23.1 Å². The lowest BCUT2D eigenvalue weighted by molar-refractivity contribution is -0.0119. The summed E-state index contributed by atoms with van der Waals surface area (Å²) >= 11 is 1.88. The van der Waals surface area contributed by atoms with Crippen LogP contribution in [0.1, 0.15) is 18.4 Å². The standard InChI is InChI=1S/C15H21NO4S2/c1-19-15(5-8-21-9-6-15)11-16-22(17,18)13-2-3-14-12(10-13)4-7-20-14/h2-3,10,16H,4-9,11H2,1H3. The maximum Gasteiger partial charge on any atom is 0.240 e. The van der Waals surface area contributed by atoms with Crippen LogP contribution in [-0.4, -0.2) is 45.8 Å². The van der Waals surface area contributed by atoms with Gasteiger partial charge in [-0.3, -0.25) is 0 Å². The highest BCUT2D eigenvalue weighted by molar-refractivity contribution is 7.99. The third-order valence-corrected chi connectivity index (χ3v) is 6.78. The van der Waals surface area contributed by atoms with Crippen LogP contribution in [0.3, 0.4) is 0 Å². The Morgan fingerprint density at radius 2 is 2.14 bits per heavy atom. The normalized spacial score (nSPS) is 20.4. The Morgan fingerprint density at radius 1 is 1.36 bits per heavy atom. The molecule has 1 fully saturated rings. The smallest absolute Gasteiger partial charge is 0.240 e. The first-order chi connectivity index (χ1) is 10.5. The summed E-state index contributed by atoms with van der Waals surface area (Å²) in [5.74, 6) is 2.80. The largest absolute Gasteiger partial charge is 0.493 e. The maximum absolute atomic E-state index is 12.5. The molecule has 1 N–H and O–H groups in total. The lowest BCUT2D eigenvalue weighted by atomic mass is 9.97. The maximum atomic E-state index is 12.5. The van der Waals surface area contributed by atoms with E-state index >= 15 is 0 Å². The van der Waals surface area contributed by atoms with Gasteiger partial charge < -0.3 is 9.47 Å². The fourth-order valence-corrected chi connectivity index (χ4v) is 5.24. The Morgan fingerprint density at radius 3 is 2.86 bits per heavy atom. The van der Waals surface area contributed by atoms with Gasteiger partial charge in [0.1, 0.15) is 5.75 Å². The topological polar surface area (TPSA) is 64.6 Å². The summed E-state index contributed by atoms with van der Waals surface area (Å²) in [4.78, 5) is 0.299. The number of methoxy groups -OCH3 is 1. The molecular weight excluding hydrogens is 322 g/mol. The molecule has 5 nitrogen and oxygen atoms in total. The van der Waals surface area contributed by atoms with Crippen LogP contribution < -0.4 is 9.46 Å². The van der Waals surface area contributed by atoms with E-state index < -0.39 is 10.0 Å². The Labute approximate surface area is 135 Å². The van der Waals surface area contributed by atoms with Gasteiger partial charge in [-0.15, -0.1) is 0 Å². The van der Waals surface area contributed by atoms with Crippen molar-refractivity contribution in [2.75, 3.05) is 31.8 Å². The third-order valence-electron chi connectivity index (χ3n) is 4.39. The number of sulfonamides is 1. The van der Waals surface area contributed by atoms with Gasteiger partial charge >= 0.3 is 0 Å². The number of benzene rings is 1. The zero-order valence-electron chi connectivity index (χ0n) is 12.6. The van der Waals surface area contributed by atoms with Crippen molar-refractivity contribution < 1.29 is 17.9 Å².